The Kier molecular flexibility index (Phi) is 7.97. The van der Waals surface area contributed by atoms with Gasteiger partial charge in [-0.1, -0.05) is 0 Å². The monoisotopic (exact) mass is 577 g/mol. The number of fused-ring (bicyclic) bond motifs is 2. The lowest BCUT2D eigenvalue weighted by Gasteiger charge is -2.36. The third-order valence-corrected chi connectivity index (χ3v) is 7.89. The quantitative estimate of drug-likeness (QED) is 0.351. The smallest absolute Gasteiger partial charge is 0.256 e. The Morgan fingerprint density at radius 2 is 1.92 bits per heavy atom. The molecule has 1 saturated heterocycles. The fourth-order valence-corrected chi connectivity index (χ4v) is 5.61. The number of halogens is 3. The molecule has 11 heteroatoms. The Bertz CT molecular complexity index is 1210. The lowest BCUT2D eigenvalue weighted by molar-refractivity contribution is -0.0687. The molecule has 2 aliphatic rings. The molecule has 1 saturated carbocycles. The van der Waals surface area contributed by atoms with Crippen molar-refractivity contribution in [2.45, 2.75) is 36.7 Å². The van der Waals surface area contributed by atoms with E-state index in [1.54, 1.807) is 24.5 Å². The van der Waals surface area contributed by atoms with Crippen LogP contribution in [-0.2, 0) is 11.2 Å². The van der Waals surface area contributed by atoms with Gasteiger partial charge in [0.1, 0.15) is 24.1 Å². The fraction of sp³-hybridized carbons (Fsp3) is 0.440. The highest BCUT2D eigenvalue weighted by Crippen LogP contribution is 2.39. The molecule has 0 amide bonds. The van der Waals surface area contributed by atoms with Crippen LogP contribution in [0.2, 0.25) is 0 Å². The van der Waals surface area contributed by atoms with Crippen molar-refractivity contribution in [3.8, 4) is 5.88 Å². The molecule has 1 N–H and O–H groups in total. The van der Waals surface area contributed by atoms with Crippen molar-refractivity contribution in [2.75, 3.05) is 24.8 Å². The Morgan fingerprint density at radius 3 is 2.69 bits per heavy atom. The van der Waals surface area contributed by atoms with Crippen molar-refractivity contribution < 1.29 is 18.3 Å². The molecule has 5 rings (SSSR count). The van der Waals surface area contributed by atoms with Gasteiger partial charge in [-0.3, -0.25) is 0 Å². The molecule has 7 nitrogen and oxygen atoms in total. The van der Waals surface area contributed by atoms with Crippen LogP contribution in [0.3, 0.4) is 0 Å². The van der Waals surface area contributed by atoms with Crippen LogP contribution in [0.1, 0.15) is 25.1 Å². The van der Waals surface area contributed by atoms with Crippen molar-refractivity contribution in [3.05, 3.63) is 58.9 Å². The summed E-state index contributed by atoms with van der Waals surface area (Å²) in [7, 11) is 0. The van der Waals surface area contributed by atoms with Crippen LogP contribution in [0.15, 0.2) is 46.3 Å². The highest BCUT2D eigenvalue weighted by molar-refractivity contribution is 9.10. The second kappa shape index (κ2) is 11.4. The molecular weight excluding hydrogens is 552 g/mol. The Hall–Kier alpha value is -2.37. The maximum Gasteiger partial charge on any atom is 0.256 e. The van der Waals surface area contributed by atoms with Crippen molar-refractivity contribution in [2.24, 2.45) is 17.8 Å². The van der Waals surface area contributed by atoms with Crippen LogP contribution in [0.4, 0.5) is 20.3 Å². The molecule has 1 aromatic carbocycles. The third-order valence-electron chi connectivity index (χ3n) is 6.75. The number of thioether (sulfide) groups is 1. The van der Waals surface area contributed by atoms with Crippen molar-refractivity contribution in [3.63, 3.8) is 0 Å². The van der Waals surface area contributed by atoms with Crippen LogP contribution in [-0.4, -0.2) is 45.5 Å². The van der Waals surface area contributed by atoms with E-state index in [0.717, 1.165) is 40.9 Å². The zero-order chi connectivity index (χ0) is 25.1. The minimum Gasteiger partial charge on any atom is -0.471 e. The van der Waals surface area contributed by atoms with Gasteiger partial charge in [-0.2, -0.15) is 9.37 Å². The molecule has 4 unspecified atom stereocenters. The summed E-state index contributed by atoms with van der Waals surface area (Å²) in [6, 6.07) is 4.71. The van der Waals surface area contributed by atoms with Crippen LogP contribution in [0.5, 0.6) is 5.88 Å². The van der Waals surface area contributed by atoms with E-state index in [0.29, 0.717) is 19.1 Å². The van der Waals surface area contributed by atoms with Crippen molar-refractivity contribution in [1.29, 1.82) is 0 Å². The molecular formula is C25H26BrF2N5O2S. The minimum absolute atomic E-state index is 0.0917. The van der Waals surface area contributed by atoms with Gasteiger partial charge in [0.2, 0.25) is 5.82 Å². The van der Waals surface area contributed by atoms with Gasteiger partial charge in [0.05, 0.1) is 23.4 Å². The average Bonchev–Trinajstić information content (AvgIpc) is 2.96. The van der Waals surface area contributed by atoms with E-state index < -0.39 is 11.6 Å². The molecule has 0 spiro atoms. The molecule has 4 atom stereocenters. The summed E-state index contributed by atoms with van der Waals surface area (Å²) >= 11 is 4.80. The lowest BCUT2D eigenvalue weighted by atomic mass is 9.86. The number of aromatic nitrogens is 4. The van der Waals surface area contributed by atoms with Crippen molar-refractivity contribution >= 4 is 39.2 Å². The van der Waals surface area contributed by atoms with E-state index in [-0.39, 0.29) is 35.3 Å². The Morgan fingerprint density at radius 1 is 1.11 bits per heavy atom. The van der Waals surface area contributed by atoms with Gasteiger partial charge in [-0.25, -0.2) is 19.3 Å². The van der Waals surface area contributed by atoms with Crippen LogP contribution >= 0.6 is 27.7 Å². The molecule has 2 bridgehead atoms. The van der Waals surface area contributed by atoms with Gasteiger partial charge in [-0.15, -0.1) is 11.8 Å². The normalized spacial score (nSPS) is 23.7. The van der Waals surface area contributed by atoms with Gasteiger partial charge in [0, 0.05) is 35.5 Å². The second-order valence-corrected chi connectivity index (χ2v) is 10.9. The van der Waals surface area contributed by atoms with Crippen LogP contribution in [0, 0.1) is 29.4 Å². The standard InChI is InChI=1S/C25H26BrF2N5O2S/c1-36-18-4-5-20(19(27)8-18)33-24-22(28)25(32-13-31-24)35-23-15-3-2-14(6-16(23)12-34-11-15)7-21-29-9-17(26)10-30-21/h4-5,8-10,13-16,23H,2-3,6-7,11-12H2,1H3,(H,31,32,33). The van der Waals surface area contributed by atoms with Gasteiger partial charge in [0.25, 0.3) is 5.88 Å². The largest absolute Gasteiger partial charge is 0.471 e. The van der Waals surface area contributed by atoms with E-state index in [1.165, 1.54) is 24.2 Å². The van der Waals surface area contributed by atoms with Crippen LogP contribution < -0.4 is 10.1 Å². The molecule has 2 fully saturated rings. The zero-order valence-electron chi connectivity index (χ0n) is 19.7. The van der Waals surface area contributed by atoms with Crippen molar-refractivity contribution in [1.82, 2.24) is 19.9 Å². The van der Waals surface area contributed by atoms with Gasteiger partial charge < -0.3 is 14.8 Å². The first-order chi connectivity index (χ1) is 17.5. The third kappa shape index (κ3) is 5.78. The van der Waals surface area contributed by atoms with Crippen LogP contribution in [0.25, 0.3) is 0 Å². The Balaban J connectivity index is 1.31. The first-order valence-corrected chi connectivity index (χ1v) is 13.8. The second-order valence-electron chi connectivity index (χ2n) is 9.15. The summed E-state index contributed by atoms with van der Waals surface area (Å²) in [5, 5.41) is 2.74. The molecule has 3 aromatic rings. The predicted molar refractivity (Wildman–Crippen MR) is 136 cm³/mol. The number of benzene rings is 1. The molecule has 1 aliphatic heterocycles. The summed E-state index contributed by atoms with van der Waals surface area (Å²) in [5.74, 6) is -0.0771. The Labute approximate surface area is 221 Å². The number of hydrogen-bond acceptors (Lipinski definition) is 8. The van der Waals surface area contributed by atoms with E-state index >= 15 is 4.39 Å². The van der Waals surface area contributed by atoms with E-state index in [2.05, 4.69) is 41.2 Å². The number of rotatable bonds is 7. The number of hydrogen-bond donors (Lipinski definition) is 1. The number of nitrogens with zero attached hydrogens (tertiary/aromatic N) is 4. The SMILES string of the molecule is CSc1ccc(Nc2ncnc(OC3C4CCC(Cc5ncc(Br)cn5)CC3COC4)c2F)c(F)c1. The molecule has 190 valence electrons. The van der Waals surface area contributed by atoms with E-state index in [1.807, 2.05) is 6.26 Å². The van der Waals surface area contributed by atoms with Gasteiger partial charge in [-0.05, 0) is 65.6 Å². The number of ether oxygens (including phenoxy) is 2. The molecule has 0 radical (unpaired) electrons. The highest BCUT2D eigenvalue weighted by Gasteiger charge is 2.41. The van der Waals surface area contributed by atoms with Gasteiger partial charge >= 0.3 is 0 Å². The molecule has 36 heavy (non-hydrogen) atoms. The lowest BCUT2D eigenvalue weighted by Crippen LogP contribution is -2.43. The van der Waals surface area contributed by atoms with E-state index in [4.69, 9.17) is 9.47 Å². The maximum absolute atomic E-state index is 15.4. The fourth-order valence-electron chi connectivity index (χ4n) is 4.98. The summed E-state index contributed by atoms with van der Waals surface area (Å²) in [4.78, 5) is 17.7. The predicted octanol–water partition coefficient (Wildman–Crippen LogP) is 5.83. The number of nitrogens with one attached hydrogen (secondary N) is 1. The maximum atomic E-state index is 15.4. The molecule has 1 aliphatic carbocycles. The summed E-state index contributed by atoms with van der Waals surface area (Å²) in [6.07, 6.45) is 9.92. The first kappa shape index (κ1) is 25.3. The molecule has 3 heterocycles. The summed E-state index contributed by atoms with van der Waals surface area (Å²) < 4.78 is 42.7. The average molecular weight is 578 g/mol. The zero-order valence-corrected chi connectivity index (χ0v) is 22.1. The summed E-state index contributed by atoms with van der Waals surface area (Å²) in [5.41, 5.74) is 0.133. The summed E-state index contributed by atoms with van der Waals surface area (Å²) in [6.45, 7) is 1.11. The highest BCUT2D eigenvalue weighted by atomic mass is 79.9. The van der Waals surface area contributed by atoms with Gasteiger partial charge in [0.15, 0.2) is 5.82 Å². The topological polar surface area (TPSA) is 82.1 Å². The number of anilines is 2. The minimum atomic E-state index is -0.742. The first-order valence-electron chi connectivity index (χ1n) is 11.8. The van der Waals surface area contributed by atoms with E-state index in [9.17, 15) is 4.39 Å². The molecule has 2 aromatic heterocycles.